The molecule has 1 heterocycles. The van der Waals surface area contributed by atoms with Crippen LogP contribution in [0.3, 0.4) is 0 Å². The number of fused-ring (bicyclic) bond motifs is 1. The third kappa shape index (κ3) is 2.57. The predicted octanol–water partition coefficient (Wildman–Crippen LogP) is 3.11. The Kier molecular flexibility index (Phi) is 3.80. The summed E-state index contributed by atoms with van der Waals surface area (Å²) in [7, 11) is 0. The Bertz CT molecular complexity index is 837. The van der Waals surface area contributed by atoms with E-state index in [-0.39, 0.29) is 15.6 Å². The highest BCUT2D eigenvalue weighted by Crippen LogP contribution is 2.40. The van der Waals surface area contributed by atoms with E-state index in [4.69, 9.17) is 23.2 Å². The Hall–Kier alpha value is -2.08. The summed E-state index contributed by atoms with van der Waals surface area (Å²) in [5, 5.41) is 23.2. The Morgan fingerprint density at radius 2 is 1.91 bits per heavy atom. The zero-order chi connectivity index (χ0) is 16.8. The van der Waals surface area contributed by atoms with Crippen LogP contribution in [0.5, 0.6) is 5.75 Å². The first-order valence-electron chi connectivity index (χ1n) is 6.67. The molecule has 23 heavy (non-hydrogen) atoms. The third-order valence-electron chi connectivity index (χ3n) is 3.74. The van der Waals surface area contributed by atoms with Crippen LogP contribution in [0.15, 0.2) is 36.4 Å². The van der Waals surface area contributed by atoms with Gasteiger partial charge in [0.05, 0.1) is 17.0 Å². The number of amides is 1. The topological polar surface area (TPSA) is 86.6 Å². The number of anilines is 1. The number of ketones is 1. The van der Waals surface area contributed by atoms with Crippen LogP contribution in [0.2, 0.25) is 10.0 Å². The van der Waals surface area contributed by atoms with Gasteiger partial charge in [0.25, 0.3) is 5.91 Å². The van der Waals surface area contributed by atoms with Crippen LogP contribution >= 0.6 is 23.2 Å². The summed E-state index contributed by atoms with van der Waals surface area (Å²) in [6.45, 7) is 0. The van der Waals surface area contributed by atoms with E-state index in [9.17, 15) is 19.8 Å². The van der Waals surface area contributed by atoms with Gasteiger partial charge in [0, 0.05) is 16.3 Å². The lowest BCUT2D eigenvalue weighted by Gasteiger charge is -2.20. The van der Waals surface area contributed by atoms with Gasteiger partial charge < -0.3 is 15.5 Å². The Morgan fingerprint density at radius 1 is 1.22 bits per heavy atom. The third-order valence-corrected chi connectivity index (χ3v) is 4.25. The maximum atomic E-state index is 12.5. The number of carbonyl (C=O) groups excluding carboxylic acids is 2. The van der Waals surface area contributed by atoms with Gasteiger partial charge in [-0.1, -0.05) is 41.4 Å². The fraction of sp³-hybridized carbons (Fsp3) is 0.125. The number of rotatable bonds is 3. The molecule has 1 aliphatic heterocycles. The van der Waals surface area contributed by atoms with Crippen LogP contribution in [0.4, 0.5) is 5.69 Å². The molecule has 0 bridgehead atoms. The summed E-state index contributed by atoms with van der Waals surface area (Å²) >= 11 is 11.6. The molecule has 3 rings (SSSR count). The number of phenolic OH excluding ortho intramolecular Hbond substituents is 1. The highest BCUT2D eigenvalue weighted by molar-refractivity contribution is 6.36. The van der Waals surface area contributed by atoms with Crippen molar-refractivity contribution in [1.29, 1.82) is 0 Å². The van der Waals surface area contributed by atoms with Gasteiger partial charge in [-0.2, -0.15) is 0 Å². The maximum absolute atomic E-state index is 12.5. The second-order valence-corrected chi connectivity index (χ2v) is 6.09. The molecule has 0 aromatic heterocycles. The molecule has 2 aromatic carbocycles. The number of hydrogen-bond donors (Lipinski definition) is 3. The summed E-state index contributed by atoms with van der Waals surface area (Å²) in [5.74, 6) is -1.78. The minimum absolute atomic E-state index is 0.0795. The lowest BCUT2D eigenvalue weighted by molar-refractivity contribution is -0.133. The number of hydrogen-bond acceptors (Lipinski definition) is 4. The number of benzene rings is 2. The predicted molar refractivity (Wildman–Crippen MR) is 86.0 cm³/mol. The second kappa shape index (κ2) is 5.53. The molecule has 0 saturated heterocycles. The van der Waals surface area contributed by atoms with Crippen LogP contribution in [0.25, 0.3) is 0 Å². The molecular weight excluding hydrogens is 341 g/mol. The van der Waals surface area contributed by atoms with Gasteiger partial charge in [-0.15, -0.1) is 0 Å². The van der Waals surface area contributed by atoms with Crippen molar-refractivity contribution in [2.24, 2.45) is 0 Å². The monoisotopic (exact) mass is 351 g/mol. The van der Waals surface area contributed by atoms with Crippen LogP contribution in [0.1, 0.15) is 22.3 Å². The van der Waals surface area contributed by atoms with Crippen molar-refractivity contribution < 1.29 is 19.8 Å². The molecule has 118 valence electrons. The molecule has 0 saturated carbocycles. The van der Waals surface area contributed by atoms with Gasteiger partial charge in [0.15, 0.2) is 11.4 Å². The number of phenols is 1. The zero-order valence-corrected chi connectivity index (χ0v) is 13.1. The first-order chi connectivity index (χ1) is 10.8. The summed E-state index contributed by atoms with van der Waals surface area (Å²) in [5.41, 5.74) is -1.39. The largest absolute Gasteiger partial charge is 0.506 e. The highest BCUT2D eigenvalue weighted by Gasteiger charge is 2.46. The normalized spacial score (nSPS) is 19.3. The van der Waals surface area contributed by atoms with Crippen LogP contribution < -0.4 is 5.32 Å². The molecule has 3 N–H and O–H groups in total. The average molecular weight is 352 g/mol. The van der Waals surface area contributed by atoms with Crippen LogP contribution in [-0.2, 0) is 10.4 Å². The molecule has 1 atom stereocenters. The number of aliphatic hydroxyl groups is 1. The first-order valence-corrected chi connectivity index (χ1v) is 7.43. The summed E-state index contributed by atoms with van der Waals surface area (Å²) in [6, 6.07) is 9.08. The molecule has 5 nitrogen and oxygen atoms in total. The Labute approximate surface area is 141 Å². The van der Waals surface area contributed by atoms with E-state index in [1.165, 1.54) is 12.1 Å². The SMILES string of the molecule is O=C(C[C@@]1(O)C(=O)Nc2ccccc21)c1cc(Cl)cc(Cl)c1O. The van der Waals surface area contributed by atoms with Crippen LogP contribution in [0, 0.1) is 0 Å². The minimum atomic E-state index is -2.01. The molecular formula is C16H11Cl2NO4. The lowest BCUT2D eigenvalue weighted by atomic mass is 9.88. The van der Waals surface area contributed by atoms with E-state index < -0.39 is 29.5 Å². The van der Waals surface area contributed by atoms with Crippen molar-refractivity contribution >= 4 is 40.6 Å². The zero-order valence-electron chi connectivity index (χ0n) is 11.6. The van der Waals surface area contributed by atoms with E-state index in [2.05, 4.69) is 5.32 Å². The lowest BCUT2D eigenvalue weighted by Crippen LogP contribution is -2.36. The molecule has 7 heteroatoms. The van der Waals surface area contributed by atoms with Crippen molar-refractivity contribution in [1.82, 2.24) is 0 Å². The van der Waals surface area contributed by atoms with Crippen molar-refractivity contribution in [3.63, 3.8) is 0 Å². The average Bonchev–Trinajstić information content (AvgIpc) is 2.74. The first kappa shape index (κ1) is 15.8. The molecule has 0 spiro atoms. The molecule has 1 aliphatic rings. The standard InChI is InChI=1S/C16H11Cl2NO4/c17-8-5-9(14(21)11(18)6-8)13(20)7-16(23)10-3-1-2-4-12(10)19-15(16)22/h1-6,21,23H,7H2,(H,19,22)/t16-/m0/s1. The van der Waals surface area contributed by atoms with Gasteiger partial charge in [-0.25, -0.2) is 0 Å². The maximum Gasteiger partial charge on any atom is 0.261 e. The van der Waals surface area contributed by atoms with E-state index >= 15 is 0 Å². The van der Waals surface area contributed by atoms with E-state index in [1.807, 2.05) is 0 Å². The highest BCUT2D eigenvalue weighted by atomic mass is 35.5. The van der Waals surface area contributed by atoms with E-state index in [1.54, 1.807) is 24.3 Å². The van der Waals surface area contributed by atoms with Crippen molar-refractivity contribution in [2.45, 2.75) is 12.0 Å². The summed E-state index contributed by atoms with van der Waals surface area (Å²) in [4.78, 5) is 24.6. The number of nitrogens with one attached hydrogen (secondary N) is 1. The van der Waals surface area contributed by atoms with Gasteiger partial charge >= 0.3 is 0 Å². The van der Waals surface area contributed by atoms with E-state index in [0.717, 1.165) is 0 Å². The molecule has 1 amide bonds. The number of aromatic hydroxyl groups is 1. The molecule has 0 aliphatic carbocycles. The van der Waals surface area contributed by atoms with Gasteiger partial charge in [-0.05, 0) is 18.2 Å². The summed E-state index contributed by atoms with van der Waals surface area (Å²) < 4.78 is 0. The van der Waals surface area contributed by atoms with Crippen molar-refractivity contribution in [3.05, 3.63) is 57.6 Å². The van der Waals surface area contributed by atoms with Crippen molar-refractivity contribution in [3.8, 4) is 5.75 Å². The fourth-order valence-corrected chi connectivity index (χ4v) is 3.08. The summed E-state index contributed by atoms with van der Waals surface area (Å²) in [6.07, 6.45) is -0.542. The number of para-hydroxylation sites is 1. The Balaban J connectivity index is 1.99. The smallest absolute Gasteiger partial charge is 0.261 e. The van der Waals surface area contributed by atoms with Gasteiger partial charge in [-0.3, -0.25) is 9.59 Å². The molecule has 2 aromatic rings. The van der Waals surface area contributed by atoms with E-state index in [0.29, 0.717) is 11.3 Å². The number of carbonyl (C=O) groups is 2. The number of Topliss-reactive ketones (excluding diaryl/α,β-unsaturated/α-hetero) is 1. The van der Waals surface area contributed by atoms with Gasteiger partial charge in [0.2, 0.25) is 0 Å². The number of halogens is 2. The second-order valence-electron chi connectivity index (χ2n) is 5.24. The Morgan fingerprint density at radius 3 is 2.65 bits per heavy atom. The molecule has 0 fully saturated rings. The molecule has 0 unspecified atom stereocenters. The quantitative estimate of drug-likeness (QED) is 0.741. The van der Waals surface area contributed by atoms with Gasteiger partial charge in [0.1, 0.15) is 5.75 Å². The molecule has 0 radical (unpaired) electrons. The minimum Gasteiger partial charge on any atom is -0.506 e. The van der Waals surface area contributed by atoms with Crippen LogP contribution in [-0.4, -0.2) is 21.9 Å². The van der Waals surface area contributed by atoms with Crippen molar-refractivity contribution in [2.75, 3.05) is 5.32 Å². The fourth-order valence-electron chi connectivity index (χ4n) is 2.58.